The van der Waals surface area contributed by atoms with Crippen molar-refractivity contribution in [3.05, 3.63) is 22.7 Å². The zero-order valence-electron chi connectivity index (χ0n) is 17.8. The van der Waals surface area contributed by atoms with Crippen LogP contribution in [-0.2, 0) is 28.8 Å². The predicted octanol–water partition coefficient (Wildman–Crippen LogP) is -6.07. The summed E-state index contributed by atoms with van der Waals surface area (Å²) < 4.78 is 0. The number of Topliss-reactive ketones (excluding diaryl/α,β-unsaturated/α-hetero) is 2. The first kappa shape index (κ1) is 24.2. The topological polar surface area (TPSA) is 236 Å². The number of allylic oxidation sites excluding steroid dienone is 2. The Kier molecular flexibility index (Phi) is 5.00. The summed E-state index contributed by atoms with van der Waals surface area (Å²) in [6.45, 7) is 0. The van der Waals surface area contributed by atoms with Gasteiger partial charge >= 0.3 is 12.1 Å². The summed E-state index contributed by atoms with van der Waals surface area (Å²) in [5, 5.41) is 47.2. The number of imide groups is 4. The van der Waals surface area contributed by atoms with Crippen molar-refractivity contribution in [3.63, 3.8) is 0 Å². The molecule has 2 heterocycles. The molecule has 0 saturated carbocycles. The normalized spacial score (nSPS) is 23.7. The molecule has 2 saturated heterocycles. The molecule has 34 heavy (non-hydrogen) atoms. The van der Waals surface area contributed by atoms with Crippen molar-refractivity contribution in [3.8, 4) is 0 Å². The summed E-state index contributed by atoms with van der Waals surface area (Å²) in [6.07, 6.45) is 0. The quantitative estimate of drug-likeness (QED) is 0.279. The van der Waals surface area contributed by atoms with Crippen LogP contribution in [0.1, 0.15) is 0 Å². The Bertz CT molecular complexity index is 1090. The minimum atomic E-state index is -3.78. The van der Waals surface area contributed by atoms with Crippen LogP contribution in [0.3, 0.4) is 0 Å². The number of hydrogen-bond donors (Lipinski definition) is 2. The van der Waals surface area contributed by atoms with Crippen LogP contribution in [0.4, 0.5) is 9.59 Å². The van der Waals surface area contributed by atoms with Crippen molar-refractivity contribution < 1.29 is 58.8 Å². The van der Waals surface area contributed by atoms with Gasteiger partial charge in [0.1, 0.15) is 0 Å². The molecule has 3 aliphatic rings. The van der Waals surface area contributed by atoms with Crippen molar-refractivity contribution in [1.82, 2.24) is 19.6 Å². The minimum Gasteiger partial charge on any atom is -0.869 e. The van der Waals surface area contributed by atoms with E-state index < -0.39 is 81.1 Å². The van der Waals surface area contributed by atoms with E-state index in [2.05, 4.69) is 0 Å². The summed E-state index contributed by atoms with van der Waals surface area (Å²) in [5.74, 6) is -16.0. The molecule has 0 aromatic heterocycles. The molecule has 180 valence electrons. The molecule has 0 spiro atoms. The smallest absolute Gasteiger partial charge is 0.333 e. The SMILES string of the molecule is CN1C(=O)N(C)C(=O)C(O)(C2=C([O-])C(=O)C(C3(O)C(=O)N(C)C(=O)N(C)C3=O)=C([O-])C2=O)C1=O. The van der Waals surface area contributed by atoms with E-state index >= 15 is 0 Å². The lowest BCUT2D eigenvalue weighted by molar-refractivity contribution is -0.311. The first-order chi connectivity index (χ1) is 15.5. The molecule has 0 aromatic rings. The minimum absolute atomic E-state index is 0.139. The number of carbonyl (C=O) groups excluding carboxylic acids is 8. The van der Waals surface area contributed by atoms with Crippen LogP contribution in [-0.4, -0.2) is 116 Å². The summed E-state index contributed by atoms with van der Waals surface area (Å²) in [4.78, 5) is 100. The number of ketones is 2. The maximum absolute atomic E-state index is 12.8. The van der Waals surface area contributed by atoms with Crippen molar-refractivity contribution in [2.75, 3.05) is 28.2 Å². The molecule has 16 heteroatoms. The Balaban J connectivity index is 2.25. The van der Waals surface area contributed by atoms with Gasteiger partial charge in [-0.2, -0.15) is 0 Å². The first-order valence-corrected chi connectivity index (χ1v) is 9.07. The van der Waals surface area contributed by atoms with Gasteiger partial charge in [0.05, 0.1) is 0 Å². The van der Waals surface area contributed by atoms with E-state index in [1.165, 1.54) is 0 Å². The number of nitrogens with zero attached hydrogens (tertiary/aromatic N) is 4. The van der Waals surface area contributed by atoms with Gasteiger partial charge in [-0.15, -0.1) is 0 Å². The average molecular weight is 478 g/mol. The van der Waals surface area contributed by atoms with Crippen molar-refractivity contribution in [2.24, 2.45) is 0 Å². The number of hydrogen-bond acceptors (Lipinski definition) is 12. The molecule has 0 atom stereocenters. The van der Waals surface area contributed by atoms with Gasteiger partial charge in [-0.1, -0.05) is 0 Å². The monoisotopic (exact) mass is 478 g/mol. The number of likely N-dealkylation sites (N-methyl/N-ethyl adjacent to an activating group) is 4. The molecule has 0 unspecified atom stereocenters. The summed E-state index contributed by atoms with van der Waals surface area (Å²) in [6, 6.07) is -2.55. The highest BCUT2D eigenvalue weighted by Crippen LogP contribution is 2.38. The Hall–Kier alpha value is -4.44. The summed E-state index contributed by atoms with van der Waals surface area (Å²) in [7, 11) is 3.07. The van der Waals surface area contributed by atoms with Crippen LogP contribution in [0.2, 0.25) is 0 Å². The van der Waals surface area contributed by atoms with Gasteiger partial charge < -0.3 is 20.4 Å². The van der Waals surface area contributed by atoms with Gasteiger partial charge in [-0.05, 0) is 11.5 Å². The second-order valence-electron chi connectivity index (χ2n) is 7.51. The van der Waals surface area contributed by atoms with Gasteiger partial charge in [0.2, 0.25) is 0 Å². The van der Waals surface area contributed by atoms with Gasteiger partial charge in [-0.3, -0.25) is 48.4 Å². The van der Waals surface area contributed by atoms with Gasteiger partial charge in [-0.25, -0.2) is 9.59 Å². The van der Waals surface area contributed by atoms with Crippen LogP contribution in [0, 0.1) is 0 Å². The molecule has 2 fully saturated rings. The largest absolute Gasteiger partial charge is 0.869 e. The van der Waals surface area contributed by atoms with Crippen molar-refractivity contribution in [1.29, 1.82) is 0 Å². The van der Waals surface area contributed by atoms with Crippen LogP contribution in [0.25, 0.3) is 0 Å². The number of carbonyl (C=O) groups is 8. The fraction of sp³-hybridized carbons (Fsp3) is 0.333. The van der Waals surface area contributed by atoms with E-state index in [1.807, 2.05) is 0 Å². The highest BCUT2D eigenvalue weighted by Gasteiger charge is 2.63. The Labute approximate surface area is 188 Å². The van der Waals surface area contributed by atoms with E-state index in [9.17, 15) is 58.8 Å². The molecule has 2 N–H and O–H groups in total. The second kappa shape index (κ2) is 7.03. The van der Waals surface area contributed by atoms with E-state index in [4.69, 9.17) is 0 Å². The highest BCUT2D eigenvalue weighted by atomic mass is 16.3. The lowest BCUT2D eigenvalue weighted by Crippen LogP contribution is -2.71. The standard InChI is InChI=1S/C18H16N4O12/c1-19-11(27)17(33,12(28)20(2)15(19)31)5-7(23)9(25)6(10(26)8(5)24)18(34)13(29)21(3)16(32)22(4)14(18)30/h23,26,33-34H,1-4H3/p-2. The number of rotatable bonds is 2. The summed E-state index contributed by atoms with van der Waals surface area (Å²) >= 11 is 0. The van der Waals surface area contributed by atoms with Crippen LogP contribution in [0.15, 0.2) is 22.7 Å². The van der Waals surface area contributed by atoms with E-state index in [-0.39, 0.29) is 19.6 Å². The van der Waals surface area contributed by atoms with Crippen molar-refractivity contribution >= 4 is 47.3 Å². The summed E-state index contributed by atoms with van der Waals surface area (Å²) in [5.41, 5.74) is -11.3. The number of urea groups is 2. The Morgan fingerprint density at radius 1 is 0.529 bits per heavy atom. The third kappa shape index (κ3) is 2.54. The van der Waals surface area contributed by atoms with Gasteiger partial charge in [0, 0.05) is 39.3 Å². The Morgan fingerprint density at radius 3 is 0.941 bits per heavy atom. The molecule has 0 radical (unpaired) electrons. The number of aliphatic hydroxyl groups is 2. The predicted molar refractivity (Wildman–Crippen MR) is 95.8 cm³/mol. The zero-order chi connectivity index (χ0) is 26.2. The van der Waals surface area contributed by atoms with Crippen LogP contribution < -0.4 is 10.2 Å². The fourth-order valence-corrected chi connectivity index (χ4v) is 3.70. The molecular formula is C18H14N4O12-2. The maximum atomic E-state index is 12.8. The number of barbiturate groups is 2. The maximum Gasteiger partial charge on any atom is 0.333 e. The van der Waals surface area contributed by atoms with Gasteiger partial charge in [0.25, 0.3) is 34.8 Å². The van der Waals surface area contributed by atoms with E-state index in [0.717, 1.165) is 28.2 Å². The molecule has 2 aliphatic heterocycles. The molecule has 3 rings (SSSR count). The Morgan fingerprint density at radius 2 is 0.735 bits per heavy atom. The van der Waals surface area contributed by atoms with Crippen LogP contribution >= 0.6 is 0 Å². The number of amides is 8. The molecule has 16 nitrogen and oxygen atoms in total. The molecule has 0 aromatic carbocycles. The second-order valence-corrected chi connectivity index (χ2v) is 7.51. The third-order valence-electron chi connectivity index (χ3n) is 5.65. The molecule has 1 aliphatic carbocycles. The van der Waals surface area contributed by atoms with Gasteiger partial charge in [0.15, 0.2) is 11.6 Å². The molecule has 0 bridgehead atoms. The lowest BCUT2D eigenvalue weighted by atomic mass is 9.75. The highest BCUT2D eigenvalue weighted by molar-refractivity contribution is 6.36. The molecule has 8 amide bonds. The third-order valence-corrected chi connectivity index (χ3v) is 5.65. The van der Waals surface area contributed by atoms with Crippen LogP contribution in [0.5, 0.6) is 0 Å². The lowest BCUT2D eigenvalue weighted by Gasteiger charge is -2.45. The fourth-order valence-electron chi connectivity index (χ4n) is 3.70. The average Bonchev–Trinajstić information content (AvgIpc) is 2.80. The zero-order valence-corrected chi connectivity index (χ0v) is 17.8. The molecular weight excluding hydrogens is 464 g/mol. The van der Waals surface area contributed by atoms with Crippen molar-refractivity contribution in [2.45, 2.75) is 11.2 Å². The first-order valence-electron chi connectivity index (χ1n) is 9.07. The van der Waals surface area contributed by atoms with E-state index in [1.54, 1.807) is 0 Å². The van der Waals surface area contributed by atoms with E-state index in [0.29, 0.717) is 0 Å².